The van der Waals surface area contributed by atoms with Crippen LogP contribution >= 0.6 is 23.2 Å². The zero-order chi connectivity index (χ0) is 14.7. The van der Waals surface area contributed by atoms with Gasteiger partial charge < -0.3 is 10.1 Å². The minimum atomic E-state index is 0.272. The highest BCUT2D eigenvalue weighted by molar-refractivity contribution is 6.35. The maximum Gasteiger partial charge on any atom is 0.142 e. The number of nitrogens with one attached hydrogen (secondary N) is 1. The summed E-state index contributed by atoms with van der Waals surface area (Å²) in [4.78, 5) is 0. The van der Waals surface area contributed by atoms with Crippen LogP contribution in [0.1, 0.15) is 51.6 Å². The van der Waals surface area contributed by atoms with E-state index in [1.165, 1.54) is 12.8 Å². The Kier molecular flexibility index (Phi) is 5.59. The fourth-order valence-corrected chi connectivity index (χ4v) is 3.34. The molecule has 112 valence electrons. The van der Waals surface area contributed by atoms with Crippen molar-refractivity contribution in [3.05, 3.63) is 27.7 Å². The summed E-state index contributed by atoms with van der Waals surface area (Å²) in [6.45, 7) is 7.47. The molecule has 0 saturated heterocycles. The fourth-order valence-electron chi connectivity index (χ4n) is 2.78. The second-order valence-electron chi connectivity index (χ2n) is 5.81. The first-order valence-electron chi connectivity index (χ1n) is 7.39. The third-order valence-electron chi connectivity index (χ3n) is 4.00. The second kappa shape index (κ2) is 7.02. The van der Waals surface area contributed by atoms with E-state index in [1.807, 2.05) is 6.07 Å². The van der Waals surface area contributed by atoms with Gasteiger partial charge in [0.05, 0.1) is 11.6 Å². The molecule has 1 aromatic carbocycles. The van der Waals surface area contributed by atoms with Gasteiger partial charge in [-0.05, 0) is 31.4 Å². The summed E-state index contributed by atoms with van der Waals surface area (Å²) in [7, 11) is 0. The van der Waals surface area contributed by atoms with Crippen LogP contribution in [0.5, 0.6) is 5.75 Å². The van der Waals surface area contributed by atoms with Crippen LogP contribution in [-0.4, -0.2) is 12.6 Å². The Morgan fingerprint density at radius 3 is 2.80 bits per heavy atom. The monoisotopic (exact) mass is 315 g/mol. The van der Waals surface area contributed by atoms with Gasteiger partial charge in [-0.1, -0.05) is 43.5 Å². The first kappa shape index (κ1) is 15.9. The maximum absolute atomic E-state index is 6.22. The molecular weight excluding hydrogens is 293 g/mol. The first-order valence-corrected chi connectivity index (χ1v) is 8.14. The van der Waals surface area contributed by atoms with Crippen molar-refractivity contribution in [1.29, 1.82) is 0 Å². The molecule has 1 aliphatic heterocycles. The summed E-state index contributed by atoms with van der Waals surface area (Å²) in [5, 5.41) is 4.97. The minimum Gasteiger partial charge on any atom is -0.492 e. The minimum absolute atomic E-state index is 0.272. The number of benzene rings is 1. The standard InChI is InChI=1S/C16H23Cl2NO/c1-4-10(2)7-11(3)19-15-5-6-20-16-13(15)8-12(17)9-14(16)18/h8-11,15,19H,4-7H2,1-3H3. The predicted octanol–water partition coefficient (Wildman–Crippen LogP) is 5.23. The molecule has 20 heavy (non-hydrogen) atoms. The molecule has 4 heteroatoms. The molecule has 0 spiro atoms. The van der Waals surface area contributed by atoms with Crippen molar-refractivity contribution in [3.63, 3.8) is 0 Å². The molecule has 1 aliphatic rings. The molecule has 0 amide bonds. The van der Waals surface area contributed by atoms with E-state index in [9.17, 15) is 0 Å². The molecule has 2 nitrogen and oxygen atoms in total. The van der Waals surface area contributed by atoms with Crippen molar-refractivity contribution in [2.45, 2.75) is 52.1 Å². The van der Waals surface area contributed by atoms with Crippen molar-refractivity contribution in [3.8, 4) is 5.75 Å². The molecule has 1 aromatic rings. The zero-order valence-corrected chi connectivity index (χ0v) is 13.9. The Labute approximate surface area is 131 Å². The van der Waals surface area contributed by atoms with Crippen LogP contribution in [0.2, 0.25) is 10.0 Å². The SMILES string of the molecule is CCC(C)CC(C)NC1CCOc2c(Cl)cc(Cl)cc21. The van der Waals surface area contributed by atoms with E-state index < -0.39 is 0 Å². The molecule has 0 aromatic heterocycles. The van der Waals surface area contributed by atoms with E-state index in [-0.39, 0.29) is 6.04 Å². The molecule has 2 rings (SSSR count). The van der Waals surface area contributed by atoms with E-state index in [0.29, 0.717) is 22.7 Å². The lowest BCUT2D eigenvalue weighted by molar-refractivity contribution is 0.240. The van der Waals surface area contributed by atoms with Gasteiger partial charge in [0.1, 0.15) is 5.75 Å². The average Bonchev–Trinajstić information content (AvgIpc) is 2.39. The molecule has 1 heterocycles. The van der Waals surface area contributed by atoms with Gasteiger partial charge in [0.25, 0.3) is 0 Å². The van der Waals surface area contributed by atoms with E-state index >= 15 is 0 Å². The number of rotatable bonds is 5. The van der Waals surface area contributed by atoms with Gasteiger partial charge in [-0.3, -0.25) is 0 Å². The highest BCUT2D eigenvalue weighted by Crippen LogP contribution is 2.40. The van der Waals surface area contributed by atoms with Crippen molar-refractivity contribution in [2.24, 2.45) is 5.92 Å². The van der Waals surface area contributed by atoms with E-state index in [0.717, 1.165) is 23.7 Å². The van der Waals surface area contributed by atoms with Gasteiger partial charge in [-0.15, -0.1) is 0 Å². The lowest BCUT2D eigenvalue weighted by Gasteiger charge is -2.31. The molecular formula is C16H23Cl2NO. The summed E-state index contributed by atoms with van der Waals surface area (Å²) in [5.41, 5.74) is 1.09. The number of halogens is 2. The number of ether oxygens (including phenoxy) is 1. The number of hydrogen-bond acceptors (Lipinski definition) is 2. The predicted molar refractivity (Wildman–Crippen MR) is 86.0 cm³/mol. The summed E-state index contributed by atoms with van der Waals surface area (Å²) >= 11 is 12.3. The topological polar surface area (TPSA) is 21.3 Å². The summed E-state index contributed by atoms with van der Waals surface area (Å²) in [6, 6.07) is 4.45. The summed E-state index contributed by atoms with van der Waals surface area (Å²) in [6.07, 6.45) is 3.35. The second-order valence-corrected chi connectivity index (χ2v) is 6.66. The maximum atomic E-state index is 6.22. The normalized spacial score (nSPS) is 20.9. The Hall–Kier alpha value is -0.440. The van der Waals surface area contributed by atoms with Crippen LogP contribution in [-0.2, 0) is 0 Å². The molecule has 0 saturated carbocycles. The van der Waals surface area contributed by atoms with Crippen molar-refractivity contribution in [1.82, 2.24) is 5.32 Å². The third kappa shape index (κ3) is 3.81. The highest BCUT2D eigenvalue weighted by Gasteiger charge is 2.25. The van der Waals surface area contributed by atoms with Crippen LogP contribution in [0, 0.1) is 5.92 Å². The van der Waals surface area contributed by atoms with Crippen molar-refractivity contribution in [2.75, 3.05) is 6.61 Å². The molecule has 0 radical (unpaired) electrons. The molecule has 3 unspecified atom stereocenters. The van der Waals surface area contributed by atoms with Gasteiger partial charge in [-0.2, -0.15) is 0 Å². The van der Waals surface area contributed by atoms with Crippen LogP contribution in [0.3, 0.4) is 0 Å². The van der Waals surface area contributed by atoms with Gasteiger partial charge in [0.15, 0.2) is 0 Å². The van der Waals surface area contributed by atoms with E-state index in [2.05, 4.69) is 26.1 Å². The molecule has 3 atom stereocenters. The van der Waals surface area contributed by atoms with E-state index in [1.54, 1.807) is 6.07 Å². The van der Waals surface area contributed by atoms with E-state index in [4.69, 9.17) is 27.9 Å². The molecule has 0 fully saturated rings. The Bertz CT molecular complexity index is 464. The summed E-state index contributed by atoms with van der Waals surface area (Å²) < 4.78 is 5.69. The zero-order valence-electron chi connectivity index (χ0n) is 12.4. The molecule has 1 N–H and O–H groups in total. The van der Waals surface area contributed by atoms with Crippen LogP contribution < -0.4 is 10.1 Å². The highest BCUT2D eigenvalue weighted by atomic mass is 35.5. The van der Waals surface area contributed by atoms with Crippen LogP contribution in [0.4, 0.5) is 0 Å². The average molecular weight is 316 g/mol. The molecule has 0 bridgehead atoms. The van der Waals surface area contributed by atoms with Crippen molar-refractivity contribution < 1.29 is 4.74 Å². The third-order valence-corrected chi connectivity index (χ3v) is 4.50. The quantitative estimate of drug-likeness (QED) is 0.803. The van der Waals surface area contributed by atoms with Gasteiger partial charge >= 0.3 is 0 Å². The lowest BCUT2D eigenvalue weighted by Crippen LogP contribution is -2.34. The Balaban J connectivity index is 2.12. The van der Waals surface area contributed by atoms with Crippen LogP contribution in [0.15, 0.2) is 12.1 Å². The Morgan fingerprint density at radius 2 is 2.10 bits per heavy atom. The van der Waals surface area contributed by atoms with Gasteiger partial charge in [0.2, 0.25) is 0 Å². The largest absolute Gasteiger partial charge is 0.492 e. The fraction of sp³-hybridized carbons (Fsp3) is 0.625. The Morgan fingerprint density at radius 1 is 1.35 bits per heavy atom. The lowest BCUT2D eigenvalue weighted by atomic mass is 9.96. The molecule has 0 aliphatic carbocycles. The number of fused-ring (bicyclic) bond motifs is 1. The van der Waals surface area contributed by atoms with Crippen molar-refractivity contribution >= 4 is 23.2 Å². The van der Waals surface area contributed by atoms with Gasteiger partial charge in [-0.25, -0.2) is 0 Å². The van der Waals surface area contributed by atoms with Crippen LogP contribution in [0.25, 0.3) is 0 Å². The smallest absolute Gasteiger partial charge is 0.142 e. The first-order chi connectivity index (χ1) is 9.51. The van der Waals surface area contributed by atoms with Gasteiger partial charge in [0, 0.05) is 29.1 Å². The number of hydrogen-bond donors (Lipinski definition) is 1. The summed E-state index contributed by atoms with van der Waals surface area (Å²) in [5.74, 6) is 1.52.